The van der Waals surface area contributed by atoms with Crippen molar-refractivity contribution in [3.8, 4) is 0 Å². The number of fused-ring (bicyclic) bond motifs is 7. The summed E-state index contributed by atoms with van der Waals surface area (Å²) in [6, 6.07) is 0.352. The fourth-order valence-electron chi connectivity index (χ4n) is 9.01. The van der Waals surface area contributed by atoms with Crippen molar-refractivity contribution in [3.05, 3.63) is 36.0 Å². The van der Waals surface area contributed by atoms with Crippen molar-refractivity contribution < 1.29 is 37.7 Å². The summed E-state index contributed by atoms with van der Waals surface area (Å²) in [4.78, 5) is 29.0. The van der Waals surface area contributed by atoms with Gasteiger partial charge in [0.15, 0.2) is 24.2 Å². The Morgan fingerprint density at radius 2 is 1.98 bits per heavy atom. The van der Waals surface area contributed by atoms with E-state index in [1.54, 1.807) is 25.2 Å². The lowest BCUT2D eigenvalue weighted by Crippen LogP contribution is -2.70. The number of halogens is 2. The second-order valence-corrected chi connectivity index (χ2v) is 14.2. The highest BCUT2D eigenvalue weighted by Gasteiger charge is 2.80. The lowest BCUT2D eigenvalue weighted by molar-refractivity contribution is -0.234. The van der Waals surface area contributed by atoms with Gasteiger partial charge in [-0.2, -0.15) is 0 Å². The Morgan fingerprint density at radius 1 is 1.26 bits per heavy atom. The van der Waals surface area contributed by atoms with Gasteiger partial charge in [0.05, 0.1) is 12.2 Å². The smallest absolute Gasteiger partial charge is 0.306 e. The summed E-state index contributed by atoms with van der Waals surface area (Å²) in [7, 11) is 1.99. The van der Waals surface area contributed by atoms with Gasteiger partial charge in [-0.3, -0.25) is 9.59 Å². The molecule has 43 heavy (non-hydrogen) atoms. The quantitative estimate of drug-likeness (QED) is 0.333. The van der Waals surface area contributed by atoms with E-state index < -0.39 is 77.0 Å². The number of ether oxygens (including phenoxy) is 3. The Labute approximate surface area is 254 Å². The summed E-state index contributed by atoms with van der Waals surface area (Å²) < 4.78 is 51.9. The molecule has 1 heterocycles. The van der Waals surface area contributed by atoms with Crippen LogP contribution in [0.5, 0.6) is 0 Å². The molecule has 0 spiro atoms. The molecule has 1 saturated heterocycles. The molecule has 10 atom stereocenters. The standard InChI is InChI=1S/C34H49F2NO6/c1-8-10-30-42-28-17-22-23-16-25(35)24-15-21(4)12-13-31(24,5)33(23,36)26(38)18-32(22,6)34(28,43-30)27(39)19-41-29(40)11-9-14-37(7)20(2)3/h12-13,15,20,22-23,25-26,28,30,38H,4,8-11,14,16-19H2,1-3,5-7H3/t22-,23-,25-,26-,28+,30?,31-,32-,33-,34+/m0/s1. The minimum absolute atomic E-state index is 0.0702. The molecule has 0 aromatic carbocycles. The van der Waals surface area contributed by atoms with Gasteiger partial charge in [0, 0.05) is 29.2 Å². The maximum Gasteiger partial charge on any atom is 0.306 e. The second kappa shape index (κ2) is 11.5. The number of alkyl halides is 2. The molecular weight excluding hydrogens is 556 g/mol. The molecule has 1 aliphatic heterocycles. The first-order valence-electron chi connectivity index (χ1n) is 16.0. The number of nitrogens with zero attached hydrogens (tertiary/aromatic N) is 1. The van der Waals surface area contributed by atoms with Gasteiger partial charge >= 0.3 is 5.97 Å². The van der Waals surface area contributed by atoms with Crippen LogP contribution in [0.1, 0.15) is 79.6 Å². The third-order valence-corrected chi connectivity index (χ3v) is 11.6. The van der Waals surface area contributed by atoms with Crippen LogP contribution in [-0.4, -0.2) is 83.9 Å². The molecule has 9 heteroatoms. The average molecular weight is 606 g/mol. The highest BCUT2D eigenvalue weighted by atomic mass is 19.1. The van der Waals surface area contributed by atoms with Crippen molar-refractivity contribution in [1.82, 2.24) is 4.90 Å². The predicted molar refractivity (Wildman–Crippen MR) is 159 cm³/mol. The molecule has 1 N–H and O–H groups in total. The van der Waals surface area contributed by atoms with Crippen LogP contribution >= 0.6 is 0 Å². The fraction of sp³-hybridized carbons (Fsp3) is 0.765. The van der Waals surface area contributed by atoms with Crippen molar-refractivity contribution >= 4 is 11.8 Å². The van der Waals surface area contributed by atoms with E-state index in [-0.39, 0.29) is 19.3 Å². The number of ketones is 1. The molecular formula is C34H49F2NO6. The van der Waals surface area contributed by atoms with Crippen LogP contribution in [0.15, 0.2) is 36.0 Å². The number of esters is 1. The van der Waals surface area contributed by atoms with E-state index in [4.69, 9.17) is 14.2 Å². The minimum Gasteiger partial charge on any atom is -0.458 e. The zero-order valence-corrected chi connectivity index (χ0v) is 26.5. The first kappa shape index (κ1) is 32.5. The number of aliphatic hydroxyl groups excluding tert-OH is 1. The van der Waals surface area contributed by atoms with E-state index in [1.165, 1.54) is 0 Å². The summed E-state index contributed by atoms with van der Waals surface area (Å²) >= 11 is 0. The molecule has 3 saturated carbocycles. The number of hydrogen-bond acceptors (Lipinski definition) is 7. The largest absolute Gasteiger partial charge is 0.458 e. The fourth-order valence-corrected chi connectivity index (χ4v) is 9.01. The Morgan fingerprint density at radius 3 is 2.65 bits per heavy atom. The number of hydrogen-bond donors (Lipinski definition) is 1. The summed E-state index contributed by atoms with van der Waals surface area (Å²) in [6.45, 7) is 13.8. The number of aliphatic hydroxyl groups is 1. The van der Waals surface area contributed by atoms with E-state index in [0.717, 1.165) is 13.0 Å². The van der Waals surface area contributed by atoms with Crippen LogP contribution < -0.4 is 0 Å². The van der Waals surface area contributed by atoms with E-state index in [0.29, 0.717) is 36.5 Å². The molecule has 0 aromatic heterocycles. The van der Waals surface area contributed by atoms with Gasteiger partial charge in [-0.15, -0.1) is 0 Å². The van der Waals surface area contributed by atoms with Gasteiger partial charge in [0.25, 0.3) is 0 Å². The summed E-state index contributed by atoms with van der Waals surface area (Å²) in [5.41, 5.74) is -5.24. The van der Waals surface area contributed by atoms with Gasteiger partial charge in [-0.25, -0.2) is 8.78 Å². The second-order valence-electron chi connectivity index (χ2n) is 14.2. The highest BCUT2D eigenvalue weighted by molar-refractivity contribution is 5.92. The van der Waals surface area contributed by atoms with Gasteiger partial charge in [0.2, 0.25) is 5.78 Å². The van der Waals surface area contributed by atoms with Crippen LogP contribution in [0.25, 0.3) is 0 Å². The zero-order chi connectivity index (χ0) is 31.5. The van der Waals surface area contributed by atoms with Crippen LogP contribution in [-0.2, 0) is 23.8 Å². The number of rotatable bonds is 10. The molecule has 5 rings (SSSR count). The predicted octanol–water partition coefficient (Wildman–Crippen LogP) is 5.42. The van der Waals surface area contributed by atoms with Crippen molar-refractivity contribution in [2.24, 2.45) is 22.7 Å². The number of allylic oxidation sites excluding steroid dienone is 5. The lowest BCUT2D eigenvalue weighted by atomic mass is 9.44. The Kier molecular flexibility index (Phi) is 8.64. The maximum absolute atomic E-state index is 17.6. The minimum atomic E-state index is -2.16. The van der Waals surface area contributed by atoms with Crippen molar-refractivity contribution in [1.29, 1.82) is 0 Å². The molecule has 240 valence electrons. The Balaban J connectivity index is 1.42. The molecule has 0 bridgehead atoms. The third-order valence-electron chi connectivity index (χ3n) is 11.6. The molecule has 5 aliphatic rings. The first-order chi connectivity index (χ1) is 20.2. The van der Waals surface area contributed by atoms with Gasteiger partial charge in [-0.1, -0.05) is 45.1 Å². The molecule has 1 unspecified atom stereocenters. The molecule has 0 aromatic rings. The molecule has 4 aliphatic carbocycles. The molecule has 0 radical (unpaired) electrons. The summed E-state index contributed by atoms with van der Waals surface area (Å²) in [5.74, 6) is -2.31. The monoisotopic (exact) mass is 605 g/mol. The van der Waals surface area contributed by atoms with Crippen LogP contribution in [0, 0.1) is 22.7 Å². The van der Waals surface area contributed by atoms with Crippen molar-refractivity contribution in [2.45, 2.75) is 122 Å². The normalized spacial score (nSPS) is 43.2. The van der Waals surface area contributed by atoms with E-state index in [9.17, 15) is 14.7 Å². The summed E-state index contributed by atoms with van der Waals surface area (Å²) in [6.07, 6.45) is 2.85. The Hall–Kier alpha value is -1.94. The van der Waals surface area contributed by atoms with Crippen LogP contribution in [0.3, 0.4) is 0 Å². The van der Waals surface area contributed by atoms with Gasteiger partial charge < -0.3 is 24.2 Å². The first-order valence-corrected chi connectivity index (χ1v) is 16.0. The SMILES string of the molecule is C=C1C=C[C@@]2(C)C(=C1)[C@@H](F)C[C@H]1[C@@H]3C[C@H]4OC(CCC)O[C@@]4(C(=O)COC(=O)CCCN(C)C(C)C)[C@@]3(C)C[C@H](O)[C@@]12F. The zero-order valence-electron chi connectivity index (χ0n) is 26.5. The topological polar surface area (TPSA) is 85.3 Å². The van der Waals surface area contributed by atoms with E-state index >= 15 is 8.78 Å². The lowest BCUT2D eigenvalue weighted by Gasteiger charge is -2.63. The van der Waals surface area contributed by atoms with Crippen LogP contribution in [0.2, 0.25) is 0 Å². The molecule has 4 fully saturated rings. The number of Topliss-reactive ketones (excluding diaryl/α,β-unsaturated/α-hetero) is 1. The van der Waals surface area contributed by atoms with Crippen LogP contribution in [0.4, 0.5) is 8.78 Å². The molecule has 0 amide bonds. The van der Waals surface area contributed by atoms with Crippen molar-refractivity contribution in [3.63, 3.8) is 0 Å². The van der Waals surface area contributed by atoms with E-state index in [2.05, 4.69) is 25.3 Å². The number of carbonyl (C=O) groups excluding carboxylic acids is 2. The number of carbonyl (C=O) groups is 2. The van der Waals surface area contributed by atoms with Crippen molar-refractivity contribution in [2.75, 3.05) is 20.2 Å². The maximum atomic E-state index is 17.6. The summed E-state index contributed by atoms with van der Waals surface area (Å²) in [5, 5.41) is 11.7. The van der Waals surface area contributed by atoms with Gasteiger partial charge in [-0.05, 0) is 83.5 Å². The average Bonchev–Trinajstić information content (AvgIpc) is 3.42. The molecule has 7 nitrogen and oxygen atoms in total. The van der Waals surface area contributed by atoms with E-state index in [1.807, 2.05) is 20.9 Å². The Bertz CT molecular complexity index is 1200. The highest BCUT2D eigenvalue weighted by Crippen LogP contribution is 2.72. The third kappa shape index (κ3) is 4.79. The van der Waals surface area contributed by atoms with Gasteiger partial charge in [0.1, 0.15) is 6.17 Å².